The third-order valence-electron chi connectivity index (χ3n) is 9.10. The lowest BCUT2D eigenvalue weighted by molar-refractivity contribution is -0.118. The minimum atomic E-state index is -0.252. The Labute approximate surface area is 228 Å². The number of piperidine rings is 1. The number of aromatic nitrogens is 4. The maximum Gasteiger partial charge on any atom is 0.273 e. The van der Waals surface area contributed by atoms with E-state index in [1.54, 1.807) is 10.9 Å². The highest BCUT2D eigenvalue weighted by Gasteiger charge is 2.53. The number of aryl methyl sites for hydroxylation is 1. The average molecular weight is 524 g/mol. The third kappa shape index (κ3) is 4.19. The minimum absolute atomic E-state index is 0.0121. The zero-order valence-corrected chi connectivity index (χ0v) is 23.0. The van der Waals surface area contributed by atoms with E-state index in [1.165, 1.54) is 0 Å². The van der Waals surface area contributed by atoms with Crippen LogP contribution in [0.5, 0.6) is 0 Å². The summed E-state index contributed by atoms with van der Waals surface area (Å²) >= 11 is 0. The van der Waals surface area contributed by atoms with E-state index in [2.05, 4.69) is 39.7 Å². The number of carbonyl (C=O) groups excluding carboxylic acids is 2. The summed E-state index contributed by atoms with van der Waals surface area (Å²) < 4.78 is 1.69. The smallest absolute Gasteiger partial charge is 0.273 e. The van der Waals surface area contributed by atoms with E-state index in [-0.39, 0.29) is 40.9 Å². The van der Waals surface area contributed by atoms with Gasteiger partial charge in [-0.1, -0.05) is 29.8 Å². The first-order valence-electron chi connectivity index (χ1n) is 13.6. The Morgan fingerprint density at radius 3 is 2.69 bits per heavy atom. The molecule has 9 nitrogen and oxygen atoms in total. The Hall–Kier alpha value is -4.06. The van der Waals surface area contributed by atoms with Crippen LogP contribution < -0.4 is 10.2 Å². The van der Waals surface area contributed by atoms with Crippen molar-refractivity contribution in [1.82, 2.24) is 25.3 Å². The number of amides is 2. The molecule has 1 aliphatic heterocycles. The van der Waals surface area contributed by atoms with Gasteiger partial charge in [-0.2, -0.15) is 5.26 Å². The molecule has 3 aliphatic rings. The molecule has 2 aromatic heterocycles. The summed E-state index contributed by atoms with van der Waals surface area (Å²) in [4.78, 5) is 32.1. The predicted molar refractivity (Wildman–Crippen MR) is 145 cm³/mol. The molecule has 6 rings (SSSR count). The number of anilines is 1. The third-order valence-corrected chi connectivity index (χ3v) is 9.10. The first kappa shape index (κ1) is 25.2. The number of hydrogen-bond donors (Lipinski definition) is 1. The molecule has 0 bridgehead atoms. The van der Waals surface area contributed by atoms with Crippen LogP contribution in [0.1, 0.15) is 83.0 Å². The molecule has 2 amide bonds. The molecule has 0 spiro atoms. The summed E-state index contributed by atoms with van der Waals surface area (Å²) in [6.45, 7) is 11.0. The van der Waals surface area contributed by atoms with Crippen molar-refractivity contribution in [3.05, 3.63) is 69.7 Å². The van der Waals surface area contributed by atoms with Crippen molar-refractivity contribution in [2.24, 2.45) is 11.8 Å². The second kappa shape index (κ2) is 9.01. The number of nitriles is 1. The van der Waals surface area contributed by atoms with Gasteiger partial charge in [0.2, 0.25) is 5.91 Å². The van der Waals surface area contributed by atoms with Crippen LogP contribution in [0.3, 0.4) is 0 Å². The summed E-state index contributed by atoms with van der Waals surface area (Å²) in [5, 5.41) is 21.0. The Morgan fingerprint density at radius 1 is 1.23 bits per heavy atom. The molecule has 3 aromatic rings. The second-order valence-corrected chi connectivity index (χ2v) is 11.9. The fraction of sp³-hybridized carbons (Fsp3) is 0.467. The molecule has 39 heavy (non-hydrogen) atoms. The molecule has 1 saturated heterocycles. The van der Waals surface area contributed by atoms with Gasteiger partial charge in [0, 0.05) is 24.7 Å². The van der Waals surface area contributed by atoms with Crippen molar-refractivity contribution in [3.8, 4) is 6.07 Å². The molecule has 3 atom stereocenters. The Morgan fingerprint density at radius 2 is 2.00 bits per heavy atom. The van der Waals surface area contributed by atoms with Crippen molar-refractivity contribution in [2.45, 2.75) is 71.4 Å². The number of nitrogens with one attached hydrogen (secondary N) is 1. The summed E-state index contributed by atoms with van der Waals surface area (Å²) in [6.07, 6.45) is 6.03. The average Bonchev–Trinajstić information content (AvgIpc) is 3.35. The predicted octanol–water partition coefficient (Wildman–Crippen LogP) is 3.91. The quantitative estimate of drug-likeness (QED) is 0.524. The van der Waals surface area contributed by atoms with Gasteiger partial charge in [-0.3, -0.25) is 14.5 Å². The molecule has 3 fully saturated rings. The second-order valence-electron chi connectivity index (χ2n) is 11.9. The van der Waals surface area contributed by atoms with Gasteiger partial charge in [0.1, 0.15) is 5.82 Å². The van der Waals surface area contributed by atoms with E-state index in [9.17, 15) is 14.9 Å². The molecule has 200 valence electrons. The SMILES string of the molecule is Cc1ccc(C#N)c([C@]2(C)C[C@H](NC(=O)c3cn([C@@H](C)c4cnc(N5C[C@H]6C[C@H]6C5=O)c(C)c4C)nn3)C2)c1. The number of hydrogen-bond acceptors (Lipinski definition) is 6. The van der Waals surface area contributed by atoms with Crippen molar-refractivity contribution in [2.75, 3.05) is 11.4 Å². The van der Waals surface area contributed by atoms with E-state index in [4.69, 9.17) is 0 Å². The number of rotatable bonds is 6. The lowest BCUT2D eigenvalue weighted by Gasteiger charge is -2.46. The van der Waals surface area contributed by atoms with Crippen LogP contribution in [-0.2, 0) is 10.2 Å². The van der Waals surface area contributed by atoms with Crippen LogP contribution in [0.25, 0.3) is 0 Å². The highest BCUT2D eigenvalue weighted by atomic mass is 16.2. The number of fused-ring (bicyclic) bond motifs is 1. The van der Waals surface area contributed by atoms with E-state index in [0.717, 1.165) is 59.4 Å². The standard InChI is InChI=1S/C30H33N7O2/c1-16-6-7-20(12-31)25(8-16)30(5)10-22(11-30)33-28(38)26-15-37(35-34-26)19(4)24-13-32-27(18(3)17(24)2)36-14-21-9-23(21)29(36)39/h6-8,13,15,19,21-23H,9-11,14H2,1-5H3,(H,33,38)/t19-,21+,22-,23+,30+/m0/s1. The molecular weight excluding hydrogens is 490 g/mol. The van der Waals surface area contributed by atoms with E-state index in [0.29, 0.717) is 11.5 Å². The topological polar surface area (TPSA) is 117 Å². The monoisotopic (exact) mass is 523 g/mol. The summed E-state index contributed by atoms with van der Waals surface area (Å²) in [7, 11) is 0. The lowest BCUT2D eigenvalue weighted by Crippen LogP contribution is -2.52. The normalized spacial score (nSPS) is 26.0. The first-order chi connectivity index (χ1) is 18.6. The molecule has 0 unspecified atom stereocenters. The zero-order valence-electron chi connectivity index (χ0n) is 23.0. The molecule has 1 N–H and O–H groups in total. The van der Waals surface area contributed by atoms with E-state index >= 15 is 0 Å². The Bertz CT molecular complexity index is 1550. The van der Waals surface area contributed by atoms with Gasteiger partial charge >= 0.3 is 0 Å². The fourth-order valence-electron chi connectivity index (χ4n) is 6.45. The van der Waals surface area contributed by atoms with Gasteiger partial charge in [-0.15, -0.1) is 5.10 Å². The maximum atomic E-state index is 13.0. The maximum absolute atomic E-state index is 13.0. The van der Waals surface area contributed by atoms with Gasteiger partial charge < -0.3 is 5.32 Å². The molecule has 0 radical (unpaired) electrons. The van der Waals surface area contributed by atoms with Crippen molar-refractivity contribution < 1.29 is 9.59 Å². The molecule has 2 aliphatic carbocycles. The molecule has 1 aromatic carbocycles. The number of pyridine rings is 1. The van der Waals surface area contributed by atoms with Gasteiger partial charge in [0.25, 0.3) is 5.91 Å². The van der Waals surface area contributed by atoms with Crippen LogP contribution in [0.15, 0.2) is 30.6 Å². The Kier molecular flexibility index (Phi) is 5.83. The molecule has 2 saturated carbocycles. The van der Waals surface area contributed by atoms with E-state index in [1.807, 2.05) is 50.9 Å². The Balaban J connectivity index is 1.12. The minimum Gasteiger partial charge on any atom is -0.348 e. The van der Waals surface area contributed by atoms with Crippen molar-refractivity contribution in [1.29, 1.82) is 5.26 Å². The van der Waals surface area contributed by atoms with E-state index < -0.39 is 0 Å². The highest BCUT2D eigenvalue weighted by molar-refractivity contribution is 5.99. The largest absolute Gasteiger partial charge is 0.348 e. The summed E-state index contributed by atoms with van der Waals surface area (Å²) in [5.74, 6) is 1.37. The van der Waals surface area contributed by atoms with Gasteiger partial charge in [0.15, 0.2) is 5.69 Å². The molecule has 3 heterocycles. The van der Waals surface area contributed by atoms with Gasteiger partial charge in [-0.05, 0) is 86.6 Å². The van der Waals surface area contributed by atoms with Gasteiger partial charge in [-0.25, -0.2) is 9.67 Å². The fourth-order valence-corrected chi connectivity index (χ4v) is 6.45. The van der Waals surface area contributed by atoms with Crippen LogP contribution in [0.2, 0.25) is 0 Å². The number of benzene rings is 1. The molecule has 9 heteroatoms. The summed E-state index contributed by atoms with van der Waals surface area (Å²) in [5.41, 5.74) is 6.02. The first-order valence-corrected chi connectivity index (χ1v) is 13.6. The highest BCUT2D eigenvalue weighted by Crippen LogP contribution is 2.48. The summed E-state index contributed by atoms with van der Waals surface area (Å²) in [6, 6.07) is 8.05. The number of nitrogens with zero attached hydrogens (tertiary/aromatic N) is 6. The van der Waals surface area contributed by atoms with Crippen LogP contribution in [0.4, 0.5) is 5.82 Å². The number of carbonyl (C=O) groups is 2. The van der Waals surface area contributed by atoms with Crippen molar-refractivity contribution >= 4 is 17.6 Å². The van der Waals surface area contributed by atoms with Crippen LogP contribution in [0, 0.1) is 43.9 Å². The zero-order chi connectivity index (χ0) is 27.6. The lowest BCUT2D eigenvalue weighted by atomic mass is 9.62. The molecular formula is C30H33N7O2. The van der Waals surface area contributed by atoms with Gasteiger partial charge in [0.05, 0.1) is 23.9 Å². The van der Waals surface area contributed by atoms with Crippen LogP contribution >= 0.6 is 0 Å². The van der Waals surface area contributed by atoms with Crippen molar-refractivity contribution in [3.63, 3.8) is 0 Å². The van der Waals surface area contributed by atoms with Crippen LogP contribution in [-0.4, -0.2) is 44.4 Å².